The summed E-state index contributed by atoms with van der Waals surface area (Å²) in [4.78, 5) is 37.0. The van der Waals surface area contributed by atoms with Gasteiger partial charge in [-0.25, -0.2) is 0 Å². The van der Waals surface area contributed by atoms with E-state index in [2.05, 4.69) is 10.6 Å². The predicted octanol–water partition coefficient (Wildman–Crippen LogP) is 1.10. The minimum atomic E-state index is -0.856. The normalized spacial score (nSPS) is 14.4. The van der Waals surface area contributed by atoms with E-state index in [1.165, 1.54) is 0 Å². The van der Waals surface area contributed by atoms with E-state index in [1.54, 1.807) is 0 Å². The number of nitrogens with two attached hydrogens (primary N) is 2. The molecule has 0 radical (unpaired) electrons. The Kier molecular flexibility index (Phi) is 9.65. The van der Waals surface area contributed by atoms with Crippen LogP contribution in [0, 0.1) is 11.8 Å². The second-order valence-corrected chi connectivity index (χ2v) is 8.08. The van der Waals surface area contributed by atoms with E-state index >= 15 is 0 Å². The lowest BCUT2D eigenvalue weighted by Crippen LogP contribution is -2.56. The molecule has 0 heterocycles. The van der Waals surface area contributed by atoms with Gasteiger partial charge in [0, 0.05) is 6.42 Å². The van der Waals surface area contributed by atoms with E-state index in [1.807, 2.05) is 58.0 Å². The van der Waals surface area contributed by atoms with E-state index in [0.717, 1.165) is 5.56 Å². The molecule has 0 aliphatic heterocycles. The highest BCUT2D eigenvalue weighted by Crippen LogP contribution is 2.09. The number of hydrogen-bond donors (Lipinski definition) is 4. The molecule has 0 aliphatic carbocycles. The zero-order valence-electron chi connectivity index (χ0n) is 17.3. The SMILES string of the molecule is CC(C)C[C@@H](N)C(=O)N[C@@H](CC(C)C)C(=O)N[C@@H](Cc1ccccc1)C(N)=O. The van der Waals surface area contributed by atoms with Crippen molar-refractivity contribution in [3.63, 3.8) is 0 Å². The maximum Gasteiger partial charge on any atom is 0.243 e. The van der Waals surface area contributed by atoms with Gasteiger partial charge in [0.2, 0.25) is 17.7 Å². The highest BCUT2D eigenvalue weighted by atomic mass is 16.2. The Morgan fingerprint density at radius 3 is 1.89 bits per heavy atom. The molecule has 7 nitrogen and oxygen atoms in total. The number of amides is 3. The second-order valence-electron chi connectivity index (χ2n) is 8.08. The minimum absolute atomic E-state index is 0.165. The molecule has 0 fully saturated rings. The number of nitrogens with one attached hydrogen (secondary N) is 2. The van der Waals surface area contributed by atoms with Crippen LogP contribution in [0.25, 0.3) is 0 Å². The van der Waals surface area contributed by atoms with Crippen LogP contribution < -0.4 is 22.1 Å². The fourth-order valence-electron chi connectivity index (χ4n) is 2.94. The standard InChI is InChI=1S/C21H34N4O3/c1-13(2)10-16(22)20(27)25-18(11-14(3)4)21(28)24-17(19(23)26)12-15-8-6-5-7-9-15/h5-9,13-14,16-18H,10-12,22H2,1-4H3,(H2,23,26)(H,24,28)(H,25,27)/t16-,17+,18+/m1/s1. The molecule has 6 N–H and O–H groups in total. The number of carbonyl (C=O) groups excluding carboxylic acids is 3. The lowest BCUT2D eigenvalue weighted by Gasteiger charge is -2.25. The summed E-state index contributed by atoms with van der Waals surface area (Å²) in [6, 6.07) is 6.99. The Labute approximate surface area is 167 Å². The lowest BCUT2D eigenvalue weighted by molar-refractivity contribution is -0.132. The van der Waals surface area contributed by atoms with Gasteiger partial charge >= 0.3 is 0 Å². The molecule has 0 spiro atoms. The van der Waals surface area contributed by atoms with Gasteiger partial charge in [0.05, 0.1) is 6.04 Å². The summed E-state index contributed by atoms with van der Waals surface area (Å²) < 4.78 is 0. The molecule has 7 heteroatoms. The van der Waals surface area contributed by atoms with Crippen molar-refractivity contribution in [2.75, 3.05) is 0 Å². The van der Waals surface area contributed by atoms with Gasteiger partial charge in [-0.2, -0.15) is 0 Å². The lowest BCUT2D eigenvalue weighted by atomic mass is 9.99. The predicted molar refractivity (Wildman–Crippen MR) is 110 cm³/mol. The fourth-order valence-corrected chi connectivity index (χ4v) is 2.94. The van der Waals surface area contributed by atoms with Crippen molar-refractivity contribution in [2.24, 2.45) is 23.3 Å². The van der Waals surface area contributed by atoms with Crippen molar-refractivity contribution in [3.05, 3.63) is 35.9 Å². The first kappa shape index (κ1) is 23.6. The molecule has 0 saturated heterocycles. The highest BCUT2D eigenvalue weighted by molar-refractivity contribution is 5.92. The van der Waals surface area contributed by atoms with Gasteiger partial charge in [0.15, 0.2) is 0 Å². The Balaban J connectivity index is 2.83. The van der Waals surface area contributed by atoms with Crippen molar-refractivity contribution in [1.82, 2.24) is 10.6 Å². The highest BCUT2D eigenvalue weighted by Gasteiger charge is 2.28. The number of hydrogen-bond acceptors (Lipinski definition) is 4. The zero-order valence-corrected chi connectivity index (χ0v) is 17.3. The first-order valence-corrected chi connectivity index (χ1v) is 9.79. The Bertz CT molecular complexity index is 646. The number of benzene rings is 1. The van der Waals surface area contributed by atoms with Crippen LogP contribution in [0.3, 0.4) is 0 Å². The maximum atomic E-state index is 12.8. The van der Waals surface area contributed by atoms with Crippen molar-refractivity contribution < 1.29 is 14.4 Å². The van der Waals surface area contributed by atoms with Crippen molar-refractivity contribution in [3.8, 4) is 0 Å². The quantitative estimate of drug-likeness (QED) is 0.451. The van der Waals surface area contributed by atoms with Crippen molar-refractivity contribution >= 4 is 17.7 Å². The largest absolute Gasteiger partial charge is 0.368 e. The van der Waals surface area contributed by atoms with E-state index in [0.29, 0.717) is 12.8 Å². The molecule has 156 valence electrons. The van der Waals surface area contributed by atoms with Gasteiger partial charge in [-0.3, -0.25) is 14.4 Å². The molecular formula is C21H34N4O3. The molecule has 1 aromatic rings. The topological polar surface area (TPSA) is 127 Å². The Morgan fingerprint density at radius 1 is 0.857 bits per heavy atom. The average Bonchev–Trinajstić information content (AvgIpc) is 2.60. The summed E-state index contributed by atoms with van der Waals surface area (Å²) >= 11 is 0. The van der Waals surface area contributed by atoms with Gasteiger partial charge in [0.1, 0.15) is 12.1 Å². The molecule has 3 atom stereocenters. The molecule has 0 aromatic heterocycles. The summed E-state index contributed by atoms with van der Waals surface area (Å²) in [5.41, 5.74) is 12.3. The zero-order chi connectivity index (χ0) is 21.3. The first-order chi connectivity index (χ1) is 13.1. The third-order valence-corrected chi connectivity index (χ3v) is 4.34. The van der Waals surface area contributed by atoms with Crippen molar-refractivity contribution in [1.29, 1.82) is 0 Å². The second kappa shape index (κ2) is 11.4. The molecule has 0 bridgehead atoms. The molecular weight excluding hydrogens is 356 g/mol. The monoisotopic (exact) mass is 390 g/mol. The minimum Gasteiger partial charge on any atom is -0.368 e. The van der Waals surface area contributed by atoms with E-state index in [4.69, 9.17) is 11.5 Å². The number of carbonyl (C=O) groups is 3. The summed E-state index contributed by atoms with van der Waals surface area (Å²) in [6.07, 6.45) is 1.25. The number of rotatable bonds is 11. The Hall–Kier alpha value is -2.41. The summed E-state index contributed by atoms with van der Waals surface area (Å²) in [5.74, 6) is -0.989. The van der Waals surface area contributed by atoms with E-state index in [-0.39, 0.29) is 24.2 Å². The van der Waals surface area contributed by atoms with Crippen LogP contribution in [0.15, 0.2) is 30.3 Å². The summed E-state index contributed by atoms with van der Waals surface area (Å²) in [7, 11) is 0. The van der Waals surface area contributed by atoms with E-state index in [9.17, 15) is 14.4 Å². The molecule has 3 amide bonds. The smallest absolute Gasteiger partial charge is 0.243 e. The van der Waals surface area contributed by atoms with Crippen LogP contribution in [0.4, 0.5) is 0 Å². The van der Waals surface area contributed by atoms with Crippen LogP contribution in [0.5, 0.6) is 0 Å². The third kappa shape index (κ3) is 8.52. The molecule has 0 unspecified atom stereocenters. The number of primary amides is 1. The molecule has 1 rings (SSSR count). The summed E-state index contributed by atoms with van der Waals surface area (Å²) in [6.45, 7) is 7.87. The van der Waals surface area contributed by atoms with Gasteiger partial charge in [-0.1, -0.05) is 58.0 Å². The molecule has 28 heavy (non-hydrogen) atoms. The van der Waals surface area contributed by atoms with Gasteiger partial charge in [0.25, 0.3) is 0 Å². The van der Waals surface area contributed by atoms with Crippen LogP contribution in [0.1, 0.15) is 46.1 Å². The molecule has 0 saturated carbocycles. The van der Waals surface area contributed by atoms with Gasteiger partial charge in [-0.15, -0.1) is 0 Å². The van der Waals surface area contributed by atoms with Gasteiger partial charge < -0.3 is 22.1 Å². The van der Waals surface area contributed by atoms with Crippen LogP contribution in [0.2, 0.25) is 0 Å². The molecule has 1 aromatic carbocycles. The van der Waals surface area contributed by atoms with Crippen LogP contribution in [-0.4, -0.2) is 35.8 Å². The maximum absolute atomic E-state index is 12.8. The first-order valence-electron chi connectivity index (χ1n) is 9.79. The van der Waals surface area contributed by atoms with Crippen molar-refractivity contribution in [2.45, 2.75) is 65.1 Å². The van der Waals surface area contributed by atoms with E-state index < -0.39 is 29.9 Å². The fraction of sp³-hybridized carbons (Fsp3) is 0.571. The Morgan fingerprint density at radius 2 is 1.39 bits per heavy atom. The van der Waals surface area contributed by atoms with Crippen LogP contribution >= 0.6 is 0 Å². The average molecular weight is 391 g/mol. The van der Waals surface area contributed by atoms with Gasteiger partial charge in [-0.05, 0) is 30.2 Å². The third-order valence-electron chi connectivity index (χ3n) is 4.34. The molecule has 0 aliphatic rings. The van der Waals surface area contributed by atoms with Crippen LogP contribution in [-0.2, 0) is 20.8 Å². The summed E-state index contributed by atoms with van der Waals surface area (Å²) in [5, 5.41) is 5.42.